The summed E-state index contributed by atoms with van der Waals surface area (Å²) < 4.78 is 4.62. The van der Waals surface area contributed by atoms with Crippen molar-refractivity contribution in [1.82, 2.24) is 10.3 Å². The van der Waals surface area contributed by atoms with Crippen molar-refractivity contribution >= 4 is 5.97 Å². The summed E-state index contributed by atoms with van der Waals surface area (Å²) in [6.07, 6.45) is 0.975. The lowest BCUT2D eigenvalue weighted by molar-refractivity contribution is 0.0594. The first kappa shape index (κ1) is 8.31. The van der Waals surface area contributed by atoms with Crippen molar-refractivity contribution in [3.05, 3.63) is 23.0 Å². The van der Waals surface area contributed by atoms with E-state index in [1.807, 2.05) is 6.07 Å². The SMILES string of the molecule is COC(=O)c1cc2c([nH]1)CNCC2. The van der Waals surface area contributed by atoms with Crippen molar-refractivity contribution in [3.8, 4) is 0 Å². The molecule has 1 aromatic heterocycles. The van der Waals surface area contributed by atoms with E-state index in [-0.39, 0.29) is 5.97 Å². The number of hydrogen-bond donors (Lipinski definition) is 2. The zero-order valence-electron chi connectivity index (χ0n) is 7.52. The summed E-state index contributed by atoms with van der Waals surface area (Å²) in [7, 11) is 1.39. The maximum Gasteiger partial charge on any atom is 0.354 e. The fourth-order valence-electron chi connectivity index (χ4n) is 1.58. The van der Waals surface area contributed by atoms with Crippen LogP contribution in [0.2, 0.25) is 0 Å². The minimum Gasteiger partial charge on any atom is -0.464 e. The summed E-state index contributed by atoms with van der Waals surface area (Å²) in [6, 6.07) is 1.88. The van der Waals surface area contributed by atoms with E-state index in [1.54, 1.807) is 0 Å². The molecule has 0 atom stereocenters. The van der Waals surface area contributed by atoms with Crippen LogP contribution in [0, 0.1) is 0 Å². The van der Waals surface area contributed by atoms with Crippen molar-refractivity contribution in [2.24, 2.45) is 0 Å². The van der Waals surface area contributed by atoms with Crippen molar-refractivity contribution in [2.75, 3.05) is 13.7 Å². The number of aromatic nitrogens is 1. The van der Waals surface area contributed by atoms with Gasteiger partial charge in [-0.3, -0.25) is 0 Å². The Hall–Kier alpha value is -1.29. The minimum atomic E-state index is -0.297. The molecule has 0 spiro atoms. The number of aromatic amines is 1. The Morgan fingerprint density at radius 1 is 1.62 bits per heavy atom. The van der Waals surface area contributed by atoms with Gasteiger partial charge in [0, 0.05) is 12.2 Å². The molecule has 0 saturated heterocycles. The van der Waals surface area contributed by atoms with Gasteiger partial charge in [-0.15, -0.1) is 0 Å². The van der Waals surface area contributed by atoms with Gasteiger partial charge in [-0.25, -0.2) is 4.79 Å². The number of hydrogen-bond acceptors (Lipinski definition) is 3. The van der Waals surface area contributed by atoms with Crippen LogP contribution in [0.3, 0.4) is 0 Å². The number of nitrogens with one attached hydrogen (secondary N) is 2. The number of fused-ring (bicyclic) bond motifs is 1. The molecule has 0 aromatic carbocycles. The Bertz CT molecular complexity index is 307. The quantitative estimate of drug-likeness (QED) is 0.617. The van der Waals surface area contributed by atoms with Crippen LogP contribution in [0.25, 0.3) is 0 Å². The summed E-state index contributed by atoms with van der Waals surface area (Å²) in [5.41, 5.74) is 2.88. The maximum atomic E-state index is 11.2. The molecule has 70 valence electrons. The zero-order chi connectivity index (χ0) is 9.26. The third kappa shape index (κ3) is 1.45. The lowest BCUT2D eigenvalue weighted by atomic mass is 10.1. The zero-order valence-corrected chi connectivity index (χ0v) is 7.52. The smallest absolute Gasteiger partial charge is 0.354 e. The number of carbonyl (C=O) groups excluding carboxylic acids is 1. The molecule has 4 heteroatoms. The fourth-order valence-corrected chi connectivity index (χ4v) is 1.58. The highest BCUT2D eigenvalue weighted by Crippen LogP contribution is 2.15. The lowest BCUT2D eigenvalue weighted by Crippen LogP contribution is -2.22. The molecule has 2 heterocycles. The molecular weight excluding hydrogens is 168 g/mol. The van der Waals surface area contributed by atoms with E-state index in [0.717, 1.165) is 25.2 Å². The largest absolute Gasteiger partial charge is 0.464 e. The van der Waals surface area contributed by atoms with Crippen LogP contribution in [-0.2, 0) is 17.7 Å². The van der Waals surface area contributed by atoms with Crippen molar-refractivity contribution in [2.45, 2.75) is 13.0 Å². The lowest BCUT2D eigenvalue weighted by Gasteiger charge is -2.11. The van der Waals surface area contributed by atoms with Crippen LogP contribution < -0.4 is 5.32 Å². The van der Waals surface area contributed by atoms with Crippen LogP contribution in [0.5, 0.6) is 0 Å². The predicted octanol–water partition coefficient (Wildman–Crippen LogP) is 0.447. The average molecular weight is 180 g/mol. The van der Waals surface area contributed by atoms with E-state index >= 15 is 0 Å². The molecule has 0 aliphatic carbocycles. The highest BCUT2D eigenvalue weighted by Gasteiger charge is 2.15. The van der Waals surface area contributed by atoms with Gasteiger partial charge in [-0.1, -0.05) is 0 Å². The van der Waals surface area contributed by atoms with E-state index in [4.69, 9.17) is 0 Å². The Kier molecular flexibility index (Phi) is 2.06. The average Bonchev–Trinajstić information content (AvgIpc) is 2.59. The number of ether oxygens (including phenoxy) is 1. The van der Waals surface area contributed by atoms with E-state index in [9.17, 15) is 4.79 Å². The summed E-state index contributed by atoms with van der Waals surface area (Å²) >= 11 is 0. The Labute approximate surface area is 76.3 Å². The highest BCUT2D eigenvalue weighted by molar-refractivity contribution is 5.87. The van der Waals surface area contributed by atoms with E-state index < -0.39 is 0 Å². The minimum absolute atomic E-state index is 0.297. The van der Waals surface area contributed by atoms with E-state index in [2.05, 4.69) is 15.0 Å². The molecule has 0 saturated carbocycles. The summed E-state index contributed by atoms with van der Waals surface area (Å²) in [5, 5.41) is 3.23. The van der Waals surface area contributed by atoms with Crippen molar-refractivity contribution < 1.29 is 9.53 Å². The Morgan fingerprint density at radius 2 is 2.46 bits per heavy atom. The van der Waals surface area contributed by atoms with E-state index in [1.165, 1.54) is 12.7 Å². The predicted molar refractivity (Wildman–Crippen MR) is 47.5 cm³/mol. The number of carbonyl (C=O) groups is 1. The first-order chi connectivity index (χ1) is 6.31. The second-order valence-corrected chi connectivity index (χ2v) is 3.11. The van der Waals surface area contributed by atoms with Gasteiger partial charge in [-0.05, 0) is 24.6 Å². The fraction of sp³-hybridized carbons (Fsp3) is 0.444. The molecule has 0 bridgehead atoms. The molecule has 0 amide bonds. The van der Waals surface area contributed by atoms with Crippen LogP contribution >= 0.6 is 0 Å². The number of rotatable bonds is 1. The summed E-state index contributed by atoms with van der Waals surface area (Å²) in [6.45, 7) is 1.79. The molecule has 1 aromatic rings. The first-order valence-electron chi connectivity index (χ1n) is 4.31. The normalized spacial score (nSPS) is 15.2. The molecule has 4 nitrogen and oxygen atoms in total. The topological polar surface area (TPSA) is 54.1 Å². The molecular formula is C9H12N2O2. The molecule has 0 radical (unpaired) electrons. The van der Waals surface area contributed by atoms with Crippen molar-refractivity contribution in [3.63, 3.8) is 0 Å². The van der Waals surface area contributed by atoms with Gasteiger partial charge in [0.2, 0.25) is 0 Å². The van der Waals surface area contributed by atoms with Crippen LogP contribution in [-0.4, -0.2) is 24.6 Å². The molecule has 0 unspecified atom stereocenters. The highest BCUT2D eigenvalue weighted by atomic mass is 16.5. The second-order valence-electron chi connectivity index (χ2n) is 3.11. The third-order valence-corrected chi connectivity index (χ3v) is 2.27. The molecule has 2 rings (SSSR count). The number of H-pyrrole nitrogens is 1. The molecule has 0 fully saturated rings. The Balaban J connectivity index is 2.30. The van der Waals surface area contributed by atoms with Gasteiger partial charge >= 0.3 is 5.97 Å². The Morgan fingerprint density at radius 3 is 3.15 bits per heavy atom. The molecule has 2 N–H and O–H groups in total. The van der Waals surface area contributed by atoms with Gasteiger partial charge < -0.3 is 15.0 Å². The van der Waals surface area contributed by atoms with Crippen LogP contribution in [0.1, 0.15) is 21.7 Å². The molecule has 13 heavy (non-hydrogen) atoms. The third-order valence-electron chi connectivity index (χ3n) is 2.27. The standard InChI is InChI=1S/C9H12N2O2/c1-13-9(12)7-4-6-2-3-10-5-8(6)11-7/h4,10-11H,2-3,5H2,1H3. The van der Waals surface area contributed by atoms with Gasteiger partial charge in [0.25, 0.3) is 0 Å². The summed E-state index contributed by atoms with van der Waals surface area (Å²) in [4.78, 5) is 14.2. The van der Waals surface area contributed by atoms with Crippen LogP contribution in [0.15, 0.2) is 6.07 Å². The second kappa shape index (κ2) is 3.22. The van der Waals surface area contributed by atoms with Gasteiger partial charge in [-0.2, -0.15) is 0 Å². The van der Waals surface area contributed by atoms with E-state index in [0.29, 0.717) is 5.69 Å². The molecule has 1 aliphatic rings. The van der Waals surface area contributed by atoms with Crippen molar-refractivity contribution in [1.29, 1.82) is 0 Å². The monoisotopic (exact) mass is 180 g/mol. The number of methoxy groups -OCH3 is 1. The molecule has 1 aliphatic heterocycles. The number of esters is 1. The van der Waals surface area contributed by atoms with Gasteiger partial charge in [0.15, 0.2) is 0 Å². The maximum absolute atomic E-state index is 11.2. The van der Waals surface area contributed by atoms with Gasteiger partial charge in [0.05, 0.1) is 7.11 Å². The van der Waals surface area contributed by atoms with Crippen LogP contribution in [0.4, 0.5) is 0 Å². The van der Waals surface area contributed by atoms with Gasteiger partial charge in [0.1, 0.15) is 5.69 Å². The summed E-state index contributed by atoms with van der Waals surface area (Å²) in [5.74, 6) is -0.297. The first-order valence-corrected chi connectivity index (χ1v) is 4.31.